The Bertz CT molecular complexity index is 160. The second-order valence-corrected chi connectivity index (χ2v) is 3.28. The van der Waals surface area contributed by atoms with Gasteiger partial charge in [0.2, 0.25) is 0 Å². The molecule has 0 aromatic carbocycles. The Kier molecular flexibility index (Phi) is 8.24. The molecule has 0 spiro atoms. The number of esters is 1. The van der Waals surface area contributed by atoms with Crippen LogP contribution in [-0.4, -0.2) is 18.7 Å². The monoisotopic (exact) mass is 199 g/mol. The van der Waals surface area contributed by atoms with E-state index in [4.69, 9.17) is 0 Å². The van der Waals surface area contributed by atoms with Gasteiger partial charge in [-0.15, -0.1) is 0 Å². The molecule has 1 radical (unpaired) electrons. The summed E-state index contributed by atoms with van der Waals surface area (Å²) >= 11 is 0. The molecule has 0 heterocycles. The van der Waals surface area contributed by atoms with Crippen LogP contribution in [0.15, 0.2) is 12.7 Å². The highest BCUT2D eigenvalue weighted by Crippen LogP contribution is 2.17. The van der Waals surface area contributed by atoms with Crippen LogP contribution in [0, 0.1) is 0 Å². The Labute approximate surface area is 85.8 Å². The fourth-order valence-corrected chi connectivity index (χ4v) is 1.15. The molecule has 1 aliphatic rings. The van der Waals surface area contributed by atoms with E-state index in [0.717, 1.165) is 25.3 Å². The highest BCUT2D eigenvalue weighted by Gasteiger charge is 2.11. The summed E-state index contributed by atoms with van der Waals surface area (Å²) in [7, 11) is 0. The molecule has 1 saturated carbocycles. The summed E-state index contributed by atoms with van der Waals surface area (Å²) in [5, 5.41) is 10.3. The Morgan fingerprint density at radius 3 is 2.36 bits per heavy atom. The van der Waals surface area contributed by atoms with E-state index in [0.29, 0.717) is 6.61 Å². The molecule has 1 rings (SSSR count). The lowest BCUT2D eigenvalue weighted by Crippen LogP contribution is -1.99. The lowest BCUT2D eigenvalue weighted by molar-refractivity contribution is -0.137. The topological polar surface area (TPSA) is 46.2 Å². The minimum atomic E-state index is -0.341. The van der Waals surface area contributed by atoms with E-state index in [-0.39, 0.29) is 12.1 Å². The predicted octanol–water partition coefficient (Wildman–Crippen LogP) is 2.49. The van der Waals surface area contributed by atoms with Crippen LogP contribution < -0.4 is 0 Å². The van der Waals surface area contributed by atoms with Gasteiger partial charge in [-0.2, -0.15) is 0 Å². The molecule has 14 heavy (non-hydrogen) atoms. The number of carbonyl (C=O) groups excluding carboxylic acids is 1. The third-order valence-electron chi connectivity index (χ3n) is 1.92. The maximum atomic E-state index is 10.3. The molecule has 3 heteroatoms. The zero-order valence-electron chi connectivity index (χ0n) is 8.83. The minimum absolute atomic E-state index is 0.204. The standard InChI is InChI=1S/C6H10O2.C5H9O/c1-3-5-8-6(7)4-2;6-5-3-1-2-4-5/h4H,2-3,5H2,1H3;5H,1-4H2. The van der Waals surface area contributed by atoms with Gasteiger partial charge < -0.3 is 4.74 Å². The molecule has 0 atom stereocenters. The van der Waals surface area contributed by atoms with Crippen LogP contribution in [0.4, 0.5) is 0 Å². The van der Waals surface area contributed by atoms with Crippen molar-refractivity contribution in [1.82, 2.24) is 0 Å². The van der Waals surface area contributed by atoms with Crippen molar-refractivity contribution in [2.75, 3.05) is 6.61 Å². The molecule has 0 aromatic rings. The van der Waals surface area contributed by atoms with Crippen molar-refractivity contribution in [3.63, 3.8) is 0 Å². The summed E-state index contributed by atoms with van der Waals surface area (Å²) in [4.78, 5) is 10.2. The van der Waals surface area contributed by atoms with Crippen molar-refractivity contribution in [2.45, 2.75) is 45.1 Å². The van der Waals surface area contributed by atoms with Crippen LogP contribution in [-0.2, 0) is 14.6 Å². The Hall–Kier alpha value is -0.830. The van der Waals surface area contributed by atoms with E-state index >= 15 is 0 Å². The highest BCUT2D eigenvalue weighted by atomic mass is 16.5. The zero-order valence-corrected chi connectivity index (χ0v) is 8.83. The SMILES string of the molecule is C=CC(=O)OCCC.[O]C1CCCC1. The fourth-order valence-electron chi connectivity index (χ4n) is 1.15. The van der Waals surface area contributed by atoms with Gasteiger partial charge in [-0.05, 0) is 19.3 Å². The van der Waals surface area contributed by atoms with E-state index in [1.807, 2.05) is 6.92 Å². The van der Waals surface area contributed by atoms with E-state index < -0.39 is 0 Å². The van der Waals surface area contributed by atoms with Crippen molar-refractivity contribution in [3.8, 4) is 0 Å². The molecule has 1 aliphatic carbocycles. The van der Waals surface area contributed by atoms with Gasteiger partial charge in [-0.25, -0.2) is 9.90 Å². The fraction of sp³-hybridized carbons (Fsp3) is 0.727. The maximum Gasteiger partial charge on any atom is 0.330 e. The molecule has 0 aromatic heterocycles. The predicted molar refractivity (Wildman–Crippen MR) is 54.4 cm³/mol. The summed E-state index contributed by atoms with van der Waals surface area (Å²) < 4.78 is 4.58. The van der Waals surface area contributed by atoms with E-state index in [1.54, 1.807) is 0 Å². The Morgan fingerprint density at radius 2 is 2.07 bits per heavy atom. The first-order valence-electron chi connectivity index (χ1n) is 5.15. The van der Waals surface area contributed by atoms with E-state index in [9.17, 15) is 9.90 Å². The first kappa shape index (κ1) is 13.2. The van der Waals surface area contributed by atoms with Crippen LogP contribution in [0.2, 0.25) is 0 Å². The Morgan fingerprint density at radius 1 is 1.50 bits per heavy atom. The summed E-state index contributed by atoms with van der Waals surface area (Å²) in [6, 6.07) is 0. The third kappa shape index (κ3) is 7.80. The highest BCUT2D eigenvalue weighted by molar-refractivity contribution is 5.81. The van der Waals surface area contributed by atoms with Crippen LogP contribution >= 0.6 is 0 Å². The normalized spacial score (nSPS) is 15.6. The molecule has 0 aliphatic heterocycles. The molecule has 81 valence electrons. The number of ether oxygens (including phenoxy) is 1. The van der Waals surface area contributed by atoms with Gasteiger partial charge in [0.25, 0.3) is 0 Å². The zero-order chi connectivity index (χ0) is 10.8. The van der Waals surface area contributed by atoms with Crippen LogP contribution in [0.1, 0.15) is 39.0 Å². The number of hydrogen-bond acceptors (Lipinski definition) is 2. The number of carbonyl (C=O) groups is 1. The van der Waals surface area contributed by atoms with Crippen molar-refractivity contribution in [1.29, 1.82) is 0 Å². The van der Waals surface area contributed by atoms with Crippen molar-refractivity contribution in [2.24, 2.45) is 0 Å². The first-order valence-corrected chi connectivity index (χ1v) is 5.15. The number of rotatable bonds is 3. The molecule has 0 saturated heterocycles. The van der Waals surface area contributed by atoms with Crippen molar-refractivity contribution in [3.05, 3.63) is 12.7 Å². The lowest BCUT2D eigenvalue weighted by atomic mass is 10.3. The molecule has 0 amide bonds. The summed E-state index contributed by atoms with van der Waals surface area (Å²) in [6.45, 7) is 5.67. The smallest absolute Gasteiger partial charge is 0.330 e. The van der Waals surface area contributed by atoms with E-state index in [2.05, 4.69) is 11.3 Å². The lowest BCUT2D eigenvalue weighted by Gasteiger charge is -1.94. The molecule has 1 fully saturated rings. The number of hydrogen-bond donors (Lipinski definition) is 0. The van der Waals surface area contributed by atoms with Crippen molar-refractivity contribution < 1.29 is 14.6 Å². The van der Waals surface area contributed by atoms with Crippen LogP contribution in [0.25, 0.3) is 0 Å². The second-order valence-electron chi connectivity index (χ2n) is 3.28. The molecule has 0 bridgehead atoms. The van der Waals surface area contributed by atoms with Gasteiger partial charge in [0.05, 0.1) is 12.7 Å². The third-order valence-corrected chi connectivity index (χ3v) is 1.92. The van der Waals surface area contributed by atoms with Gasteiger partial charge in [0.15, 0.2) is 0 Å². The maximum absolute atomic E-state index is 10.3. The summed E-state index contributed by atoms with van der Waals surface area (Å²) in [5.41, 5.74) is 0. The van der Waals surface area contributed by atoms with Gasteiger partial charge in [0.1, 0.15) is 0 Å². The average Bonchev–Trinajstić information content (AvgIpc) is 2.66. The summed E-state index contributed by atoms with van der Waals surface area (Å²) in [5.74, 6) is -0.341. The molecule has 3 nitrogen and oxygen atoms in total. The quantitative estimate of drug-likeness (QED) is 0.518. The Balaban J connectivity index is 0.000000249. The molecule has 0 N–H and O–H groups in total. The molecular formula is C11H19O3. The van der Waals surface area contributed by atoms with Gasteiger partial charge in [-0.1, -0.05) is 26.3 Å². The first-order chi connectivity index (χ1) is 6.70. The minimum Gasteiger partial charge on any atom is -0.463 e. The van der Waals surface area contributed by atoms with Gasteiger partial charge in [0, 0.05) is 6.08 Å². The molecular weight excluding hydrogens is 180 g/mol. The van der Waals surface area contributed by atoms with E-state index in [1.165, 1.54) is 12.8 Å². The largest absolute Gasteiger partial charge is 0.463 e. The van der Waals surface area contributed by atoms with Crippen molar-refractivity contribution >= 4 is 5.97 Å². The van der Waals surface area contributed by atoms with Gasteiger partial charge in [-0.3, -0.25) is 0 Å². The van der Waals surface area contributed by atoms with Crippen LogP contribution in [0.5, 0.6) is 0 Å². The van der Waals surface area contributed by atoms with Crippen LogP contribution in [0.3, 0.4) is 0 Å². The second kappa shape index (κ2) is 8.75. The molecule has 0 unspecified atom stereocenters. The summed E-state index contributed by atoms with van der Waals surface area (Å²) in [6.07, 6.45) is 6.03. The van der Waals surface area contributed by atoms with Gasteiger partial charge >= 0.3 is 5.97 Å². The average molecular weight is 199 g/mol.